The van der Waals surface area contributed by atoms with Crippen LogP contribution in [0.4, 0.5) is 11.4 Å². The molecule has 2 aromatic carbocycles. The Hall–Kier alpha value is -4.41. The van der Waals surface area contributed by atoms with Crippen molar-refractivity contribution in [3.05, 3.63) is 106 Å². The van der Waals surface area contributed by atoms with E-state index in [9.17, 15) is 18.5 Å². The van der Waals surface area contributed by atoms with Crippen molar-refractivity contribution in [1.82, 2.24) is 15.0 Å². The number of nitro groups is 1. The van der Waals surface area contributed by atoms with Gasteiger partial charge < -0.3 is 0 Å². The molecule has 9 nitrogen and oxygen atoms in total. The zero-order valence-electron chi connectivity index (χ0n) is 19.3. The van der Waals surface area contributed by atoms with Crippen LogP contribution in [0, 0.1) is 17.0 Å². The van der Waals surface area contributed by atoms with Gasteiger partial charge in [0.2, 0.25) is 0 Å². The molecule has 0 saturated heterocycles. The fraction of sp³-hybridized carbons (Fsp3) is 0.0385. The third-order valence-electron chi connectivity index (χ3n) is 5.82. The zero-order chi connectivity index (χ0) is 26.2. The van der Waals surface area contributed by atoms with Crippen molar-refractivity contribution >= 4 is 43.9 Å². The molecule has 184 valence electrons. The highest BCUT2D eigenvalue weighted by Gasteiger charge is 2.22. The number of nitrogens with one attached hydrogen (secondary N) is 1. The summed E-state index contributed by atoms with van der Waals surface area (Å²) in [5, 5.41) is 12.0. The number of halogens is 1. The minimum Gasteiger partial charge on any atom is -0.276 e. The first-order chi connectivity index (χ1) is 17.7. The predicted octanol–water partition coefficient (Wildman–Crippen LogP) is 6.03. The van der Waals surface area contributed by atoms with Gasteiger partial charge in [-0.25, -0.2) is 13.4 Å². The van der Waals surface area contributed by atoms with E-state index in [2.05, 4.69) is 19.7 Å². The number of benzene rings is 2. The maximum atomic E-state index is 13.1. The summed E-state index contributed by atoms with van der Waals surface area (Å²) < 4.78 is 28.7. The topological polar surface area (TPSA) is 128 Å². The first kappa shape index (κ1) is 24.3. The Kier molecular flexibility index (Phi) is 6.28. The van der Waals surface area contributed by atoms with Crippen molar-refractivity contribution in [2.24, 2.45) is 0 Å². The van der Waals surface area contributed by atoms with Crippen molar-refractivity contribution < 1.29 is 13.3 Å². The molecule has 0 atom stereocenters. The summed E-state index contributed by atoms with van der Waals surface area (Å²) in [5.41, 5.74) is 4.19. The average molecular weight is 532 g/mol. The SMILES string of the molecule is Cc1ccc([N+](=O)[O-])cc1S(=O)(=O)Nc1cc(-c2ccc3nccc(-c4ccncc4)c3c2)cnc1Cl. The molecule has 5 rings (SSSR count). The Morgan fingerprint density at radius 1 is 0.892 bits per heavy atom. The molecular formula is C26H18ClN5O4S. The highest BCUT2D eigenvalue weighted by molar-refractivity contribution is 7.92. The van der Waals surface area contributed by atoms with Gasteiger partial charge in [-0.05, 0) is 65.6 Å². The number of aryl methyl sites for hydroxylation is 1. The van der Waals surface area contributed by atoms with E-state index in [0.717, 1.165) is 33.7 Å². The van der Waals surface area contributed by atoms with Gasteiger partial charge >= 0.3 is 0 Å². The Bertz CT molecular complexity index is 1780. The van der Waals surface area contributed by atoms with Gasteiger partial charge in [0, 0.05) is 47.9 Å². The number of hydrogen-bond acceptors (Lipinski definition) is 7. The molecule has 11 heteroatoms. The van der Waals surface area contributed by atoms with Crippen molar-refractivity contribution in [2.45, 2.75) is 11.8 Å². The number of rotatable bonds is 6. The van der Waals surface area contributed by atoms with E-state index >= 15 is 0 Å². The van der Waals surface area contributed by atoms with E-state index < -0.39 is 14.9 Å². The van der Waals surface area contributed by atoms with Crippen LogP contribution < -0.4 is 4.72 Å². The molecular weight excluding hydrogens is 514 g/mol. The van der Waals surface area contributed by atoms with Crippen LogP contribution >= 0.6 is 11.6 Å². The van der Waals surface area contributed by atoms with Crippen molar-refractivity contribution in [3.8, 4) is 22.3 Å². The van der Waals surface area contributed by atoms with Gasteiger partial charge in [-0.15, -0.1) is 0 Å². The fourth-order valence-electron chi connectivity index (χ4n) is 3.98. The largest absolute Gasteiger partial charge is 0.276 e. The lowest BCUT2D eigenvalue weighted by molar-refractivity contribution is -0.385. The quantitative estimate of drug-likeness (QED) is 0.161. The van der Waals surface area contributed by atoms with Gasteiger partial charge in [-0.3, -0.25) is 24.8 Å². The van der Waals surface area contributed by atoms with Gasteiger partial charge in [-0.1, -0.05) is 23.7 Å². The van der Waals surface area contributed by atoms with Crippen LogP contribution in [-0.2, 0) is 10.0 Å². The number of non-ortho nitro benzene ring substituents is 1. The summed E-state index contributed by atoms with van der Waals surface area (Å²) in [7, 11) is -4.19. The Labute approximate surface area is 217 Å². The molecule has 0 aliphatic heterocycles. The lowest BCUT2D eigenvalue weighted by Gasteiger charge is -2.13. The summed E-state index contributed by atoms with van der Waals surface area (Å²) >= 11 is 6.24. The lowest BCUT2D eigenvalue weighted by atomic mass is 9.98. The van der Waals surface area contributed by atoms with Gasteiger partial charge in [-0.2, -0.15) is 0 Å². The highest BCUT2D eigenvalue weighted by Crippen LogP contribution is 2.34. The Morgan fingerprint density at radius 3 is 2.43 bits per heavy atom. The summed E-state index contributed by atoms with van der Waals surface area (Å²) in [6, 6.07) is 16.6. The van der Waals surface area contributed by atoms with E-state index in [-0.39, 0.29) is 21.4 Å². The molecule has 37 heavy (non-hydrogen) atoms. The van der Waals surface area contributed by atoms with Gasteiger partial charge in [0.1, 0.15) is 0 Å². The average Bonchev–Trinajstić information content (AvgIpc) is 2.89. The number of nitrogens with zero attached hydrogens (tertiary/aromatic N) is 4. The monoisotopic (exact) mass is 531 g/mol. The Morgan fingerprint density at radius 2 is 1.68 bits per heavy atom. The number of anilines is 1. The molecule has 0 amide bonds. The number of aromatic nitrogens is 3. The second-order valence-electron chi connectivity index (χ2n) is 8.20. The Balaban J connectivity index is 1.56. The summed E-state index contributed by atoms with van der Waals surface area (Å²) in [4.78, 5) is 23.0. The van der Waals surface area contributed by atoms with Crippen LogP contribution in [0.3, 0.4) is 0 Å². The molecule has 0 saturated carbocycles. The summed E-state index contributed by atoms with van der Waals surface area (Å²) in [6.07, 6.45) is 6.72. The second kappa shape index (κ2) is 9.57. The molecule has 0 unspecified atom stereocenters. The van der Waals surface area contributed by atoms with Gasteiger partial charge in [0.25, 0.3) is 15.7 Å². The molecule has 3 aromatic heterocycles. The van der Waals surface area contributed by atoms with Crippen molar-refractivity contribution in [1.29, 1.82) is 0 Å². The maximum absolute atomic E-state index is 13.1. The van der Waals surface area contributed by atoms with Crippen molar-refractivity contribution in [3.63, 3.8) is 0 Å². The molecule has 0 aliphatic rings. The molecule has 1 N–H and O–H groups in total. The molecule has 5 aromatic rings. The third-order valence-corrected chi connectivity index (χ3v) is 7.63. The van der Waals surface area contributed by atoms with E-state index in [1.54, 1.807) is 37.8 Å². The van der Waals surface area contributed by atoms with Crippen molar-refractivity contribution in [2.75, 3.05) is 4.72 Å². The van der Waals surface area contributed by atoms with Crippen LogP contribution in [-0.4, -0.2) is 28.3 Å². The number of nitro benzene ring substituents is 1. The summed E-state index contributed by atoms with van der Waals surface area (Å²) in [6.45, 7) is 1.55. The van der Waals surface area contributed by atoms with E-state index in [0.29, 0.717) is 11.1 Å². The number of sulfonamides is 1. The second-order valence-corrected chi connectivity index (χ2v) is 10.2. The van der Waals surface area contributed by atoms with Crippen LogP contribution in [0.5, 0.6) is 0 Å². The molecule has 0 aliphatic carbocycles. The molecule has 0 fully saturated rings. The first-order valence-corrected chi connectivity index (χ1v) is 12.8. The first-order valence-electron chi connectivity index (χ1n) is 11.0. The third kappa shape index (κ3) is 4.84. The van der Waals surface area contributed by atoms with E-state index in [1.807, 2.05) is 36.4 Å². The number of hydrogen-bond donors (Lipinski definition) is 1. The standard InChI is InChI=1S/C26H18ClN5O4S/c1-16-2-4-20(32(33)34)14-25(16)37(35,36)31-24-13-19(15-30-26(24)27)18-3-5-23-22(12-18)21(8-11-29-23)17-6-9-28-10-7-17/h2-15,31H,1H3. The predicted molar refractivity (Wildman–Crippen MR) is 142 cm³/mol. The maximum Gasteiger partial charge on any atom is 0.270 e. The summed E-state index contributed by atoms with van der Waals surface area (Å²) in [5.74, 6) is 0. The highest BCUT2D eigenvalue weighted by atomic mass is 35.5. The van der Waals surface area contributed by atoms with E-state index in [4.69, 9.17) is 11.6 Å². The van der Waals surface area contributed by atoms with Crippen LogP contribution in [0.2, 0.25) is 5.15 Å². The van der Waals surface area contributed by atoms with Crippen LogP contribution in [0.1, 0.15) is 5.56 Å². The zero-order valence-corrected chi connectivity index (χ0v) is 20.9. The fourth-order valence-corrected chi connectivity index (χ4v) is 5.51. The smallest absolute Gasteiger partial charge is 0.270 e. The molecule has 0 spiro atoms. The minimum absolute atomic E-state index is 0.0470. The van der Waals surface area contributed by atoms with E-state index in [1.165, 1.54) is 12.1 Å². The lowest BCUT2D eigenvalue weighted by Crippen LogP contribution is -2.15. The minimum atomic E-state index is -4.19. The van der Waals surface area contributed by atoms with Gasteiger partial charge in [0.05, 0.1) is 21.0 Å². The number of fused-ring (bicyclic) bond motifs is 1. The van der Waals surface area contributed by atoms with Crippen LogP contribution in [0.15, 0.2) is 90.3 Å². The van der Waals surface area contributed by atoms with Crippen LogP contribution in [0.25, 0.3) is 33.2 Å². The van der Waals surface area contributed by atoms with Gasteiger partial charge in [0.15, 0.2) is 5.15 Å². The normalized spacial score (nSPS) is 11.4. The molecule has 3 heterocycles. The number of pyridine rings is 3. The molecule has 0 radical (unpaired) electrons. The molecule has 0 bridgehead atoms.